The van der Waals surface area contributed by atoms with Crippen molar-refractivity contribution in [2.45, 2.75) is 25.5 Å². The first kappa shape index (κ1) is 20.3. The predicted octanol–water partition coefficient (Wildman–Crippen LogP) is 3.26. The normalized spacial score (nSPS) is 19.4. The molecule has 1 spiro atoms. The van der Waals surface area contributed by atoms with Gasteiger partial charge in [0.25, 0.3) is 5.91 Å². The maximum absolute atomic E-state index is 13.1. The number of amides is 1. The van der Waals surface area contributed by atoms with Crippen LogP contribution in [0.25, 0.3) is 11.0 Å². The zero-order chi connectivity index (χ0) is 18.3. The SMILES string of the molecule is CCN1CCC2(CC1)OCCN2C(=O)c1cc(=O)c2ccc(Br)cc2o1.Cl. The van der Waals surface area contributed by atoms with Gasteiger partial charge in [0.2, 0.25) is 0 Å². The predicted molar refractivity (Wildman–Crippen MR) is 108 cm³/mol. The molecule has 2 fully saturated rings. The van der Waals surface area contributed by atoms with Gasteiger partial charge in [0.1, 0.15) is 11.3 Å². The smallest absolute Gasteiger partial charge is 0.292 e. The number of likely N-dealkylation sites (tertiary alicyclic amines) is 1. The largest absolute Gasteiger partial charge is 0.451 e. The molecule has 0 atom stereocenters. The van der Waals surface area contributed by atoms with E-state index >= 15 is 0 Å². The zero-order valence-electron chi connectivity index (χ0n) is 15.1. The third-order valence-electron chi connectivity index (χ3n) is 5.41. The highest BCUT2D eigenvalue weighted by Gasteiger charge is 2.47. The topological polar surface area (TPSA) is 63.0 Å². The molecule has 2 saturated heterocycles. The van der Waals surface area contributed by atoms with Crippen molar-refractivity contribution in [2.24, 2.45) is 0 Å². The standard InChI is InChI=1S/C19H21BrN2O4.ClH/c1-2-21-7-5-19(6-8-21)22(9-10-25-19)18(24)17-12-15(23)14-4-3-13(20)11-16(14)26-17;/h3-4,11-12H,2,5-10H2,1H3;1H. The van der Waals surface area contributed by atoms with E-state index in [-0.39, 0.29) is 29.5 Å². The second-order valence-electron chi connectivity index (χ2n) is 6.80. The summed E-state index contributed by atoms with van der Waals surface area (Å²) in [4.78, 5) is 29.6. The molecular formula is C19H22BrClN2O4. The second kappa shape index (κ2) is 7.91. The number of fused-ring (bicyclic) bond motifs is 1. The average molecular weight is 458 g/mol. The summed E-state index contributed by atoms with van der Waals surface area (Å²) < 4.78 is 12.6. The van der Waals surface area contributed by atoms with Crippen LogP contribution < -0.4 is 5.43 Å². The van der Waals surface area contributed by atoms with Crippen molar-refractivity contribution in [1.82, 2.24) is 9.80 Å². The quantitative estimate of drug-likeness (QED) is 0.693. The summed E-state index contributed by atoms with van der Waals surface area (Å²) in [5, 5.41) is 0.466. The van der Waals surface area contributed by atoms with Crippen LogP contribution >= 0.6 is 28.3 Å². The van der Waals surface area contributed by atoms with Gasteiger partial charge in [-0.3, -0.25) is 9.59 Å². The van der Waals surface area contributed by atoms with Crippen LogP contribution in [0.4, 0.5) is 0 Å². The Morgan fingerprint density at radius 1 is 1.22 bits per heavy atom. The number of carbonyl (C=O) groups excluding carboxylic acids is 1. The number of rotatable bonds is 2. The first-order chi connectivity index (χ1) is 12.5. The number of hydrogen-bond acceptors (Lipinski definition) is 5. The van der Waals surface area contributed by atoms with E-state index in [1.54, 1.807) is 23.1 Å². The lowest BCUT2D eigenvalue weighted by molar-refractivity contribution is -0.105. The van der Waals surface area contributed by atoms with E-state index in [1.165, 1.54) is 6.07 Å². The molecule has 3 heterocycles. The van der Waals surface area contributed by atoms with Gasteiger partial charge < -0.3 is 19.0 Å². The number of nitrogens with zero attached hydrogens (tertiary/aromatic N) is 2. The Morgan fingerprint density at radius 3 is 2.67 bits per heavy atom. The van der Waals surface area contributed by atoms with Gasteiger partial charge in [-0.15, -0.1) is 12.4 Å². The van der Waals surface area contributed by atoms with Crippen LogP contribution in [0.2, 0.25) is 0 Å². The van der Waals surface area contributed by atoms with Gasteiger partial charge in [-0.1, -0.05) is 22.9 Å². The summed E-state index contributed by atoms with van der Waals surface area (Å²) in [7, 11) is 0. The fraction of sp³-hybridized carbons (Fsp3) is 0.474. The van der Waals surface area contributed by atoms with Crippen LogP contribution in [0.15, 0.2) is 37.9 Å². The third-order valence-corrected chi connectivity index (χ3v) is 5.90. The number of ether oxygens (including phenoxy) is 1. The first-order valence-electron chi connectivity index (χ1n) is 8.94. The lowest BCUT2D eigenvalue weighted by Crippen LogP contribution is -2.54. The van der Waals surface area contributed by atoms with Gasteiger partial charge in [-0.05, 0) is 24.7 Å². The number of hydrogen-bond donors (Lipinski definition) is 0. The van der Waals surface area contributed by atoms with Crippen LogP contribution in [0, 0.1) is 0 Å². The molecule has 146 valence electrons. The van der Waals surface area contributed by atoms with Crippen molar-refractivity contribution in [3.05, 3.63) is 44.7 Å². The number of halogens is 2. The van der Waals surface area contributed by atoms with Gasteiger partial charge >= 0.3 is 0 Å². The molecule has 1 aromatic carbocycles. The van der Waals surface area contributed by atoms with E-state index in [9.17, 15) is 9.59 Å². The molecule has 0 bridgehead atoms. The summed E-state index contributed by atoms with van der Waals surface area (Å²) in [6.45, 7) is 5.97. The molecule has 4 rings (SSSR count). The van der Waals surface area contributed by atoms with E-state index in [4.69, 9.17) is 9.15 Å². The minimum atomic E-state index is -0.576. The van der Waals surface area contributed by atoms with Crippen LogP contribution in [-0.4, -0.2) is 54.2 Å². The highest BCUT2D eigenvalue weighted by Crippen LogP contribution is 2.35. The molecule has 8 heteroatoms. The van der Waals surface area contributed by atoms with Crippen LogP contribution in [0.5, 0.6) is 0 Å². The average Bonchev–Trinajstić information content (AvgIpc) is 3.04. The van der Waals surface area contributed by atoms with Crippen LogP contribution in [-0.2, 0) is 4.74 Å². The molecule has 2 aliphatic heterocycles. The number of carbonyl (C=O) groups is 1. The van der Waals surface area contributed by atoms with Crippen molar-refractivity contribution in [1.29, 1.82) is 0 Å². The van der Waals surface area contributed by atoms with E-state index in [1.807, 2.05) is 0 Å². The second-order valence-corrected chi connectivity index (χ2v) is 7.72. The van der Waals surface area contributed by atoms with E-state index in [0.717, 1.165) is 36.9 Å². The summed E-state index contributed by atoms with van der Waals surface area (Å²) in [6, 6.07) is 6.49. The van der Waals surface area contributed by atoms with Crippen LogP contribution in [0.3, 0.4) is 0 Å². The minimum absolute atomic E-state index is 0. The molecule has 0 unspecified atom stereocenters. The highest BCUT2D eigenvalue weighted by molar-refractivity contribution is 9.10. The fourth-order valence-electron chi connectivity index (χ4n) is 3.90. The summed E-state index contributed by atoms with van der Waals surface area (Å²) in [6.07, 6.45) is 1.55. The van der Waals surface area contributed by atoms with Crippen molar-refractivity contribution in [2.75, 3.05) is 32.8 Å². The third kappa shape index (κ3) is 3.66. The van der Waals surface area contributed by atoms with Crippen molar-refractivity contribution in [3.8, 4) is 0 Å². The molecule has 0 saturated carbocycles. The molecule has 0 radical (unpaired) electrons. The Hall–Kier alpha value is -1.41. The van der Waals surface area contributed by atoms with Crippen LogP contribution in [0.1, 0.15) is 30.3 Å². The lowest BCUT2D eigenvalue weighted by atomic mass is 9.98. The van der Waals surface area contributed by atoms with Gasteiger partial charge in [-0.25, -0.2) is 0 Å². The van der Waals surface area contributed by atoms with Crippen molar-refractivity contribution < 1.29 is 13.9 Å². The molecule has 1 aromatic heterocycles. The van der Waals surface area contributed by atoms with Crippen molar-refractivity contribution in [3.63, 3.8) is 0 Å². The van der Waals surface area contributed by atoms with E-state index in [2.05, 4.69) is 27.8 Å². The highest BCUT2D eigenvalue weighted by atomic mass is 79.9. The molecule has 2 aromatic rings. The van der Waals surface area contributed by atoms with E-state index in [0.29, 0.717) is 24.1 Å². The van der Waals surface area contributed by atoms with Gasteiger partial charge in [0, 0.05) is 43.0 Å². The Bertz CT molecular complexity index is 908. The maximum atomic E-state index is 13.1. The zero-order valence-corrected chi connectivity index (χ0v) is 17.5. The monoisotopic (exact) mass is 456 g/mol. The van der Waals surface area contributed by atoms with Crippen molar-refractivity contribution >= 4 is 45.2 Å². The Balaban J connectivity index is 0.00000210. The van der Waals surface area contributed by atoms with Gasteiger partial charge in [0.15, 0.2) is 11.2 Å². The molecule has 27 heavy (non-hydrogen) atoms. The summed E-state index contributed by atoms with van der Waals surface area (Å²) in [5.41, 5.74) is -0.379. The Labute approximate surface area is 172 Å². The molecular weight excluding hydrogens is 436 g/mol. The number of benzene rings is 1. The van der Waals surface area contributed by atoms with Gasteiger partial charge in [-0.2, -0.15) is 0 Å². The first-order valence-corrected chi connectivity index (χ1v) is 9.73. The molecule has 2 aliphatic rings. The van der Waals surface area contributed by atoms with E-state index < -0.39 is 5.72 Å². The molecule has 6 nitrogen and oxygen atoms in total. The molecule has 0 aliphatic carbocycles. The Kier molecular flexibility index (Phi) is 5.96. The molecule has 0 N–H and O–H groups in total. The molecule has 1 amide bonds. The number of piperidine rings is 1. The Morgan fingerprint density at radius 2 is 1.96 bits per heavy atom. The van der Waals surface area contributed by atoms with Gasteiger partial charge in [0.05, 0.1) is 12.0 Å². The minimum Gasteiger partial charge on any atom is -0.451 e. The maximum Gasteiger partial charge on any atom is 0.292 e. The summed E-state index contributed by atoms with van der Waals surface area (Å²) >= 11 is 3.37. The summed E-state index contributed by atoms with van der Waals surface area (Å²) in [5.74, 6) is -0.199. The lowest BCUT2D eigenvalue weighted by Gasteiger charge is -2.43. The fourth-order valence-corrected chi connectivity index (χ4v) is 4.24.